The van der Waals surface area contributed by atoms with Crippen molar-refractivity contribution in [2.24, 2.45) is 5.92 Å². The molecule has 0 heterocycles. The van der Waals surface area contributed by atoms with Gasteiger partial charge in [0.25, 0.3) is 0 Å². The molecule has 0 aliphatic rings. The predicted octanol–water partition coefficient (Wildman–Crippen LogP) is 1.50. The summed E-state index contributed by atoms with van der Waals surface area (Å²) in [5.74, 6) is 0.568. The summed E-state index contributed by atoms with van der Waals surface area (Å²) in [5, 5.41) is 2.82. The number of amides is 1. The second-order valence-corrected chi connectivity index (χ2v) is 4.77. The number of methoxy groups -OCH3 is 1. The lowest BCUT2D eigenvalue weighted by molar-refractivity contribution is -0.125. The van der Waals surface area contributed by atoms with Gasteiger partial charge in [0, 0.05) is 19.7 Å². The molecule has 0 rings (SSSR count). The zero-order chi connectivity index (χ0) is 13.4. The molecule has 17 heavy (non-hydrogen) atoms. The molecule has 0 aromatic heterocycles. The van der Waals surface area contributed by atoms with Crippen molar-refractivity contribution in [3.63, 3.8) is 0 Å². The molecule has 0 radical (unpaired) electrons. The van der Waals surface area contributed by atoms with Crippen molar-refractivity contribution in [1.82, 2.24) is 10.2 Å². The van der Waals surface area contributed by atoms with E-state index in [1.165, 1.54) is 0 Å². The average Bonchev–Trinajstić information content (AvgIpc) is 2.27. The van der Waals surface area contributed by atoms with Crippen LogP contribution >= 0.6 is 0 Å². The first-order valence-electron chi connectivity index (χ1n) is 6.43. The van der Waals surface area contributed by atoms with E-state index < -0.39 is 0 Å². The van der Waals surface area contributed by atoms with Crippen LogP contribution < -0.4 is 5.32 Å². The van der Waals surface area contributed by atoms with Crippen molar-refractivity contribution in [1.29, 1.82) is 0 Å². The lowest BCUT2D eigenvalue weighted by Gasteiger charge is -2.35. The largest absolute Gasteiger partial charge is 0.379 e. The summed E-state index contributed by atoms with van der Waals surface area (Å²) in [6, 6.07) is 0.271. The molecule has 0 aromatic carbocycles. The summed E-state index contributed by atoms with van der Waals surface area (Å²) in [5.41, 5.74) is 0. The fourth-order valence-electron chi connectivity index (χ4n) is 2.24. The summed E-state index contributed by atoms with van der Waals surface area (Å²) in [6.45, 7) is 6.97. The number of ether oxygens (including phenoxy) is 1. The summed E-state index contributed by atoms with van der Waals surface area (Å²) in [4.78, 5) is 13.8. The Bertz CT molecular complexity index is 219. The van der Waals surface area contributed by atoms with E-state index in [4.69, 9.17) is 4.74 Å². The number of nitrogens with zero attached hydrogens (tertiary/aromatic N) is 1. The number of hydrogen-bond acceptors (Lipinski definition) is 3. The number of likely N-dealkylation sites (N-methyl/N-ethyl adjacent to an activating group) is 1. The minimum atomic E-state index is -0.0495. The maximum absolute atomic E-state index is 11.6. The van der Waals surface area contributed by atoms with Gasteiger partial charge in [-0.2, -0.15) is 0 Å². The van der Waals surface area contributed by atoms with Gasteiger partial charge in [-0.3, -0.25) is 4.79 Å². The molecule has 1 amide bonds. The van der Waals surface area contributed by atoms with Crippen LogP contribution in [0.25, 0.3) is 0 Å². The highest BCUT2D eigenvalue weighted by atomic mass is 16.5. The monoisotopic (exact) mass is 244 g/mol. The zero-order valence-corrected chi connectivity index (χ0v) is 12.1. The van der Waals surface area contributed by atoms with E-state index in [-0.39, 0.29) is 18.1 Å². The van der Waals surface area contributed by atoms with Crippen LogP contribution in [0.3, 0.4) is 0 Å². The van der Waals surface area contributed by atoms with Crippen molar-refractivity contribution in [3.05, 3.63) is 0 Å². The van der Waals surface area contributed by atoms with Crippen molar-refractivity contribution < 1.29 is 9.53 Å². The van der Waals surface area contributed by atoms with E-state index in [0.717, 1.165) is 6.42 Å². The third kappa shape index (κ3) is 5.50. The third-order valence-corrected chi connectivity index (χ3v) is 3.27. The van der Waals surface area contributed by atoms with Crippen LogP contribution in [0.15, 0.2) is 0 Å². The molecule has 0 saturated carbocycles. The van der Waals surface area contributed by atoms with E-state index >= 15 is 0 Å². The molecule has 102 valence electrons. The van der Waals surface area contributed by atoms with E-state index in [1.54, 1.807) is 7.11 Å². The van der Waals surface area contributed by atoms with Crippen molar-refractivity contribution in [3.8, 4) is 0 Å². The highest BCUT2D eigenvalue weighted by molar-refractivity contribution is 5.76. The van der Waals surface area contributed by atoms with Gasteiger partial charge in [-0.25, -0.2) is 0 Å². The Morgan fingerprint density at radius 2 is 1.94 bits per heavy atom. The van der Waals surface area contributed by atoms with Crippen LogP contribution in [-0.2, 0) is 9.53 Å². The summed E-state index contributed by atoms with van der Waals surface area (Å²) < 4.78 is 5.51. The molecule has 0 spiro atoms. The molecule has 0 aliphatic carbocycles. The van der Waals surface area contributed by atoms with Gasteiger partial charge in [0.2, 0.25) is 5.91 Å². The minimum Gasteiger partial charge on any atom is -0.379 e. The first kappa shape index (κ1) is 16.4. The second-order valence-electron chi connectivity index (χ2n) is 4.77. The van der Waals surface area contributed by atoms with E-state index in [0.29, 0.717) is 18.9 Å². The summed E-state index contributed by atoms with van der Waals surface area (Å²) in [6.07, 6.45) is 1.46. The van der Waals surface area contributed by atoms with Crippen molar-refractivity contribution in [2.75, 3.05) is 27.7 Å². The third-order valence-electron chi connectivity index (χ3n) is 3.27. The SMILES string of the molecule is CCNC(=O)CC(OC)C(C(C)CC)N(C)C. The van der Waals surface area contributed by atoms with E-state index in [9.17, 15) is 4.79 Å². The molecule has 3 atom stereocenters. The topological polar surface area (TPSA) is 41.6 Å². The van der Waals surface area contributed by atoms with Gasteiger partial charge >= 0.3 is 0 Å². The van der Waals surface area contributed by atoms with Gasteiger partial charge in [0.15, 0.2) is 0 Å². The summed E-state index contributed by atoms with van der Waals surface area (Å²) in [7, 11) is 5.77. The van der Waals surface area contributed by atoms with Crippen LogP contribution in [0.4, 0.5) is 0 Å². The van der Waals surface area contributed by atoms with Gasteiger partial charge in [0.1, 0.15) is 0 Å². The van der Waals surface area contributed by atoms with Gasteiger partial charge in [-0.1, -0.05) is 20.3 Å². The molecule has 0 saturated heterocycles. The van der Waals surface area contributed by atoms with Crippen LogP contribution in [0.5, 0.6) is 0 Å². The van der Waals surface area contributed by atoms with Gasteiger partial charge in [0.05, 0.1) is 12.5 Å². The molecule has 4 nitrogen and oxygen atoms in total. The fraction of sp³-hybridized carbons (Fsp3) is 0.923. The maximum Gasteiger partial charge on any atom is 0.222 e. The molecule has 0 bridgehead atoms. The number of carbonyl (C=O) groups excluding carboxylic acids is 1. The fourth-order valence-corrected chi connectivity index (χ4v) is 2.24. The predicted molar refractivity (Wildman–Crippen MR) is 71.0 cm³/mol. The molecular weight excluding hydrogens is 216 g/mol. The first-order valence-corrected chi connectivity index (χ1v) is 6.43. The molecule has 1 N–H and O–H groups in total. The number of hydrogen-bond donors (Lipinski definition) is 1. The number of rotatable bonds is 8. The van der Waals surface area contributed by atoms with Crippen LogP contribution in [0.2, 0.25) is 0 Å². The van der Waals surface area contributed by atoms with Crippen LogP contribution in [-0.4, -0.2) is 50.7 Å². The normalized spacial score (nSPS) is 16.6. The maximum atomic E-state index is 11.6. The Balaban J connectivity index is 4.61. The first-order chi connectivity index (χ1) is 7.97. The number of carbonyl (C=O) groups is 1. The Hall–Kier alpha value is -0.610. The Kier molecular flexibility index (Phi) is 8.17. The van der Waals surface area contributed by atoms with Gasteiger partial charge in [-0.15, -0.1) is 0 Å². The van der Waals surface area contributed by atoms with E-state index in [2.05, 4.69) is 24.1 Å². The van der Waals surface area contributed by atoms with Crippen molar-refractivity contribution >= 4 is 5.91 Å². The van der Waals surface area contributed by atoms with Crippen molar-refractivity contribution in [2.45, 2.75) is 45.8 Å². The minimum absolute atomic E-state index is 0.0495. The lowest BCUT2D eigenvalue weighted by Crippen LogP contribution is -2.46. The molecule has 4 heteroatoms. The summed E-state index contributed by atoms with van der Waals surface area (Å²) >= 11 is 0. The Morgan fingerprint density at radius 1 is 1.35 bits per heavy atom. The zero-order valence-electron chi connectivity index (χ0n) is 12.1. The van der Waals surface area contributed by atoms with Crippen LogP contribution in [0, 0.1) is 5.92 Å². The Morgan fingerprint density at radius 3 is 2.29 bits per heavy atom. The molecule has 0 fully saturated rings. The highest BCUT2D eigenvalue weighted by Gasteiger charge is 2.29. The van der Waals surface area contributed by atoms with E-state index in [1.807, 2.05) is 21.0 Å². The standard InChI is InChI=1S/C13H28N2O2/c1-7-10(3)13(15(4)5)11(17-6)9-12(16)14-8-2/h10-11,13H,7-9H2,1-6H3,(H,14,16). The van der Waals surface area contributed by atoms with Crippen LogP contribution in [0.1, 0.15) is 33.6 Å². The molecule has 0 aliphatic heterocycles. The average molecular weight is 244 g/mol. The van der Waals surface area contributed by atoms with Gasteiger partial charge in [-0.05, 0) is 26.9 Å². The van der Waals surface area contributed by atoms with Gasteiger partial charge < -0.3 is 15.0 Å². The lowest BCUT2D eigenvalue weighted by atomic mass is 9.91. The molecule has 0 aromatic rings. The highest BCUT2D eigenvalue weighted by Crippen LogP contribution is 2.20. The number of nitrogens with one attached hydrogen (secondary N) is 1. The molecule has 3 unspecified atom stereocenters. The molecular formula is C13H28N2O2. The Labute approximate surface area is 106 Å². The smallest absolute Gasteiger partial charge is 0.222 e. The quantitative estimate of drug-likeness (QED) is 0.703. The second kappa shape index (κ2) is 8.48.